The number of aryl methyl sites for hydroxylation is 2. The molecule has 0 radical (unpaired) electrons. The maximum Gasteiger partial charge on any atom is 0.226 e. The number of nitrogens with one attached hydrogen (secondary N) is 1. The molecule has 26 heavy (non-hydrogen) atoms. The van der Waals surface area contributed by atoms with Gasteiger partial charge in [0.25, 0.3) is 0 Å². The van der Waals surface area contributed by atoms with E-state index >= 15 is 0 Å². The van der Waals surface area contributed by atoms with Crippen LogP contribution < -0.4 is 10.2 Å². The smallest absolute Gasteiger partial charge is 0.226 e. The largest absolute Gasteiger partial charge is 0.353 e. The lowest BCUT2D eigenvalue weighted by molar-refractivity contribution is -0.126. The Morgan fingerprint density at radius 2 is 1.81 bits per heavy atom. The molecule has 2 fully saturated rings. The van der Waals surface area contributed by atoms with Crippen LogP contribution in [0.3, 0.4) is 0 Å². The van der Waals surface area contributed by atoms with Crippen LogP contribution in [-0.4, -0.2) is 35.0 Å². The second-order valence-electron chi connectivity index (χ2n) is 7.88. The predicted molar refractivity (Wildman–Crippen MR) is 104 cm³/mol. The molecule has 0 bridgehead atoms. The first-order chi connectivity index (χ1) is 12.6. The lowest BCUT2D eigenvalue weighted by atomic mass is 9.95. The molecule has 1 aliphatic heterocycles. The summed E-state index contributed by atoms with van der Waals surface area (Å²) >= 11 is 0. The maximum atomic E-state index is 12.5. The molecule has 1 N–H and O–H groups in total. The molecule has 138 valence electrons. The van der Waals surface area contributed by atoms with Gasteiger partial charge in [-0.1, -0.05) is 25.0 Å². The monoisotopic (exact) mass is 352 g/mol. The van der Waals surface area contributed by atoms with Crippen LogP contribution in [-0.2, 0) is 4.79 Å². The van der Waals surface area contributed by atoms with Crippen molar-refractivity contribution in [1.82, 2.24) is 15.3 Å². The fourth-order valence-corrected chi connectivity index (χ4v) is 4.26. The van der Waals surface area contributed by atoms with E-state index in [-0.39, 0.29) is 11.8 Å². The Balaban J connectivity index is 1.42. The molecule has 0 unspecified atom stereocenters. The quantitative estimate of drug-likeness (QED) is 0.918. The van der Waals surface area contributed by atoms with E-state index in [4.69, 9.17) is 9.97 Å². The minimum Gasteiger partial charge on any atom is -0.353 e. The summed E-state index contributed by atoms with van der Waals surface area (Å²) in [7, 11) is 0. The summed E-state index contributed by atoms with van der Waals surface area (Å²) in [5.41, 5.74) is 3.24. The van der Waals surface area contributed by atoms with Gasteiger partial charge in [-0.25, -0.2) is 9.97 Å². The number of anilines is 1. The highest BCUT2D eigenvalue weighted by Crippen LogP contribution is 2.25. The van der Waals surface area contributed by atoms with Crippen molar-refractivity contribution in [2.45, 2.75) is 58.4 Å². The van der Waals surface area contributed by atoms with Gasteiger partial charge in [-0.15, -0.1) is 0 Å². The van der Waals surface area contributed by atoms with Gasteiger partial charge >= 0.3 is 0 Å². The zero-order valence-corrected chi connectivity index (χ0v) is 15.8. The van der Waals surface area contributed by atoms with Gasteiger partial charge in [-0.3, -0.25) is 4.79 Å². The number of nitrogens with zero attached hydrogens (tertiary/aromatic N) is 3. The molecule has 2 heterocycles. The molecule has 4 rings (SSSR count). The predicted octanol–water partition coefficient (Wildman–Crippen LogP) is 3.52. The lowest BCUT2D eigenvalue weighted by Crippen LogP contribution is -2.43. The number of piperidine rings is 1. The van der Waals surface area contributed by atoms with Crippen LogP contribution in [0.2, 0.25) is 0 Å². The molecule has 0 spiro atoms. The molecule has 1 amide bonds. The summed E-state index contributed by atoms with van der Waals surface area (Å²) in [5.74, 6) is 1.19. The number of carbonyl (C=O) groups is 1. The van der Waals surface area contributed by atoms with Crippen molar-refractivity contribution in [3.05, 3.63) is 29.5 Å². The Morgan fingerprint density at radius 1 is 1.08 bits per heavy atom. The van der Waals surface area contributed by atoms with E-state index in [1.54, 1.807) is 0 Å². The number of aromatic nitrogens is 2. The molecule has 2 aromatic rings. The number of rotatable bonds is 3. The molecule has 1 saturated heterocycles. The van der Waals surface area contributed by atoms with Crippen molar-refractivity contribution >= 4 is 22.8 Å². The molecule has 1 aliphatic carbocycles. The third-order valence-electron chi connectivity index (χ3n) is 5.88. The van der Waals surface area contributed by atoms with Crippen LogP contribution in [0, 0.1) is 19.8 Å². The van der Waals surface area contributed by atoms with E-state index in [0.29, 0.717) is 6.04 Å². The summed E-state index contributed by atoms with van der Waals surface area (Å²) in [6, 6.07) is 6.74. The van der Waals surface area contributed by atoms with Crippen molar-refractivity contribution in [3.8, 4) is 0 Å². The number of benzene rings is 1. The van der Waals surface area contributed by atoms with Crippen LogP contribution in [0.15, 0.2) is 18.2 Å². The first kappa shape index (κ1) is 17.3. The van der Waals surface area contributed by atoms with Gasteiger partial charge in [0.15, 0.2) is 0 Å². The van der Waals surface area contributed by atoms with Crippen LogP contribution in [0.1, 0.15) is 49.8 Å². The van der Waals surface area contributed by atoms with Gasteiger partial charge in [-0.2, -0.15) is 0 Å². The molecule has 1 aromatic heterocycles. The molecule has 2 aliphatic rings. The number of hydrogen-bond donors (Lipinski definition) is 1. The van der Waals surface area contributed by atoms with Gasteiger partial charge in [0.05, 0.1) is 11.2 Å². The first-order valence-corrected chi connectivity index (χ1v) is 9.90. The second kappa shape index (κ2) is 7.22. The van der Waals surface area contributed by atoms with E-state index in [2.05, 4.69) is 35.3 Å². The van der Waals surface area contributed by atoms with E-state index in [0.717, 1.165) is 61.3 Å². The summed E-state index contributed by atoms with van der Waals surface area (Å²) in [6.45, 7) is 5.83. The van der Waals surface area contributed by atoms with Gasteiger partial charge in [0, 0.05) is 30.4 Å². The van der Waals surface area contributed by atoms with Crippen molar-refractivity contribution in [2.24, 2.45) is 5.92 Å². The average Bonchev–Trinajstić information content (AvgIpc) is 3.14. The van der Waals surface area contributed by atoms with Gasteiger partial charge < -0.3 is 10.2 Å². The normalized spacial score (nSPS) is 19.2. The van der Waals surface area contributed by atoms with E-state index in [1.165, 1.54) is 18.4 Å². The molecule has 1 saturated carbocycles. The average molecular weight is 352 g/mol. The number of amides is 1. The first-order valence-electron chi connectivity index (χ1n) is 9.90. The van der Waals surface area contributed by atoms with Gasteiger partial charge in [0.1, 0.15) is 0 Å². The van der Waals surface area contributed by atoms with Gasteiger partial charge in [-0.05, 0) is 51.2 Å². The Kier molecular flexibility index (Phi) is 4.79. The van der Waals surface area contributed by atoms with E-state index < -0.39 is 0 Å². The van der Waals surface area contributed by atoms with Crippen molar-refractivity contribution in [2.75, 3.05) is 18.0 Å². The number of hydrogen-bond acceptors (Lipinski definition) is 4. The Labute approximate surface area is 155 Å². The maximum absolute atomic E-state index is 12.5. The zero-order valence-electron chi connectivity index (χ0n) is 15.8. The van der Waals surface area contributed by atoms with Crippen molar-refractivity contribution < 1.29 is 4.79 Å². The van der Waals surface area contributed by atoms with E-state index in [9.17, 15) is 4.79 Å². The minimum absolute atomic E-state index is 0.135. The fraction of sp³-hybridized carbons (Fsp3) is 0.571. The van der Waals surface area contributed by atoms with E-state index in [1.807, 2.05) is 6.92 Å². The lowest BCUT2D eigenvalue weighted by Gasteiger charge is -2.32. The minimum atomic E-state index is 0.135. The van der Waals surface area contributed by atoms with Crippen LogP contribution in [0.25, 0.3) is 10.9 Å². The summed E-state index contributed by atoms with van der Waals surface area (Å²) in [5, 5.41) is 4.37. The SMILES string of the molecule is Cc1ccc2c(C)nc(N3CCC(C(=O)NC4CCCC4)CC3)nc2c1. The highest BCUT2D eigenvalue weighted by molar-refractivity contribution is 5.82. The molecule has 1 aromatic carbocycles. The van der Waals surface area contributed by atoms with Crippen LogP contribution in [0.4, 0.5) is 5.95 Å². The fourth-order valence-electron chi connectivity index (χ4n) is 4.26. The standard InChI is InChI=1S/C21H28N4O/c1-14-7-8-18-15(2)22-21(24-19(18)13-14)25-11-9-16(10-12-25)20(26)23-17-5-3-4-6-17/h7-8,13,16-17H,3-6,9-12H2,1-2H3,(H,23,26). The Morgan fingerprint density at radius 3 is 2.54 bits per heavy atom. The molecular formula is C21H28N4O. The summed E-state index contributed by atoms with van der Waals surface area (Å²) < 4.78 is 0. The Hall–Kier alpha value is -2.17. The van der Waals surface area contributed by atoms with Crippen LogP contribution >= 0.6 is 0 Å². The third-order valence-corrected chi connectivity index (χ3v) is 5.88. The van der Waals surface area contributed by atoms with Crippen LogP contribution in [0.5, 0.6) is 0 Å². The second-order valence-corrected chi connectivity index (χ2v) is 7.88. The topological polar surface area (TPSA) is 58.1 Å². The highest BCUT2D eigenvalue weighted by atomic mass is 16.1. The number of fused-ring (bicyclic) bond motifs is 1. The van der Waals surface area contributed by atoms with Crippen molar-refractivity contribution in [1.29, 1.82) is 0 Å². The molecule has 5 heteroatoms. The Bertz CT molecular complexity index is 805. The van der Waals surface area contributed by atoms with Crippen molar-refractivity contribution in [3.63, 3.8) is 0 Å². The molecule has 0 atom stereocenters. The highest BCUT2D eigenvalue weighted by Gasteiger charge is 2.28. The third kappa shape index (κ3) is 3.53. The zero-order chi connectivity index (χ0) is 18.1. The summed E-state index contributed by atoms with van der Waals surface area (Å²) in [6.07, 6.45) is 6.56. The summed E-state index contributed by atoms with van der Waals surface area (Å²) in [4.78, 5) is 24.2. The number of carbonyl (C=O) groups excluding carboxylic acids is 1. The van der Waals surface area contributed by atoms with Gasteiger partial charge in [0.2, 0.25) is 11.9 Å². The molecular weight excluding hydrogens is 324 g/mol. The molecule has 5 nitrogen and oxygen atoms in total.